The minimum atomic E-state index is -0.212. The summed E-state index contributed by atoms with van der Waals surface area (Å²) in [6, 6.07) is 10.8. The van der Waals surface area contributed by atoms with Crippen LogP contribution in [0, 0.1) is 19.7 Å². The molecule has 0 amide bonds. The fourth-order valence-electron chi connectivity index (χ4n) is 2.15. The first-order valence-corrected chi connectivity index (χ1v) is 7.34. The lowest BCUT2D eigenvalue weighted by Gasteiger charge is -2.11. The normalized spacial score (nSPS) is 10.7. The first kappa shape index (κ1) is 15.5. The van der Waals surface area contributed by atoms with Gasteiger partial charge in [0.1, 0.15) is 17.3 Å². The molecule has 0 bridgehead atoms. The molecule has 0 atom stereocenters. The minimum absolute atomic E-state index is 0.212. The molecule has 2 rings (SSSR count). The summed E-state index contributed by atoms with van der Waals surface area (Å²) in [6.45, 7) is 7.85. The van der Waals surface area contributed by atoms with Crippen LogP contribution in [0.1, 0.15) is 30.0 Å². The van der Waals surface area contributed by atoms with Crippen LogP contribution in [0.15, 0.2) is 36.4 Å². The van der Waals surface area contributed by atoms with E-state index in [1.165, 1.54) is 17.2 Å². The quantitative estimate of drug-likeness (QED) is 0.775. The van der Waals surface area contributed by atoms with Gasteiger partial charge >= 0.3 is 0 Å². The molecule has 3 heteroatoms. The Morgan fingerprint density at radius 1 is 1.00 bits per heavy atom. The molecule has 0 aliphatic heterocycles. The van der Waals surface area contributed by atoms with Crippen LogP contribution in [0.3, 0.4) is 0 Å². The second-order valence-corrected chi connectivity index (χ2v) is 5.28. The molecule has 21 heavy (non-hydrogen) atoms. The molecular formula is C18H22FNO. The SMILES string of the molecule is CCCNCc1ccc(Oc2ccc(F)c(C)c2)cc1C. The summed E-state index contributed by atoms with van der Waals surface area (Å²) >= 11 is 0. The number of benzene rings is 2. The van der Waals surface area contributed by atoms with Crippen molar-refractivity contribution in [3.05, 3.63) is 58.9 Å². The summed E-state index contributed by atoms with van der Waals surface area (Å²) in [5.74, 6) is 1.22. The average Bonchev–Trinajstić information content (AvgIpc) is 2.45. The van der Waals surface area contributed by atoms with Crippen LogP contribution in [0.25, 0.3) is 0 Å². The Hall–Kier alpha value is -1.87. The van der Waals surface area contributed by atoms with Crippen LogP contribution in [-0.4, -0.2) is 6.54 Å². The molecule has 0 fully saturated rings. The number of nitrogens with one attached hydrogen (secondary N) is 1. The average molecular weight is 287 g/mol. The van der Waals surface area contributed by atoms with Gasteiger partial charge in [0.2, 0.25) is 0 Å². The van der Waals surface area contributed by atoms with Crippen LogP contribution in [-0.2, 0) is 6.54 Å². The van der Waals surface area contributed by atoms with E-state index in [2.05, 4.69) is 25.2 Å². The number of hydrogen-bond donors (Lipinski definition) is 1. The Labute approximate surface area is 126 Å². The van der Waals surface area contributed by atoms with E-state index in [-0.39, 0.29) is 5.82 Å². The lowest BCUT2D eigenvalue weighted by molar-refractivity contribution is 0.479. The molecule has 112 valence electrons. The maximum atomic E-state index is 13.2. The van der Waals surface area contributed by atoms with E-state index in [1.807, 2.05) is 12.1 Å². The summed E-state index contributed by atoms with van der Waals surface area (Å²) < 4.78 is 19.0. The molecule has 0 aliphatic carbocycles. The lowest BCUT2D eigenvalue weighted by atomic mass is 10.1. The van der Waals surface area contributed by atoms with Crippen LogP contribution < -0.4 is 10.1 Å². The molecule has 2 aromatic carbocycles. The van der Waals surface area contributed by atoms with Crippen molar-refractivity contribution < 1.29 is 9.13 Å². The Morgan fingerprint density at radius 3 is 2.29 bits per heavy atom. The van der Waals surface area contributed by atoms with E-state index in [4.69, 9.17) is 4.74 Å². The third-order valence-corrected chi connectivity index (χ3v) is 3.42. The highest BCUT2D eigenvalue weighted by atomic mass is 19.1. The minimum Gasteiger partial charge on any atom is -0.457 e. The van der Waals surface area contributed by atoms with E-state index in [0.717, 1.165) is 25.3 Å². The molecular weight excluding hydrogens is 265 g/mol. The van der Waals surface area contributed by atoms with Gasteiger partial charge in [-0.1, -0.05) is 13.0 Å². The summed E-state index contributed by atoms with van der Waals surface area (Å²) in [7, 11) is 0. The Kier molecular flexibility index (Phi) is 5.34. The van der Waals surface area contributed by atoms with Gasteiger partial charge in [0, 0.05) is 6.54 Å². The Balaban J connectivity index is 2.07. The molecule has 0 saturated heterocycles. The van der Waals surface area contributed by atoms with Gasteiger partial charge in [0.25, 0.3) is 0 Å². The fraction of sp³-hybridized carbons (Fsp3) is 0.333. The summed E-state index contributed by atoms with van der Waals surface area (Å²) in [4.78, 5) is 0. The van der Waals surface area contributed by atoms with Gasteiger partial charge in [-0.05, 0) is 73.8 Å². The van der Waals surface area contributed by atoms with Gasteiger partial charge in [0.05, 0.1) is 0 Å². The number of hydrogen-bond acceptors (Lipinski definition) is 2. The monoisotopic (exact) mass is 287 g/mol. The molecule has 2 aromatic rings. The Morgan fingerprint density at radius 2 is 1.67 bits per heavy atom. The third kappa shape index (κ3) is 4.30. The van der Waals surface area contributed by atoms with Crippen molar-refractivity contribution in [3.8, 4) is 11.5 Å². The first-order chi connectivity index (χ1) is 10.1. The van der Waals surface area contributed by atoms with Crippen molar-refractivity contribution in [2.75, 3.05) is 6.54 Å². The molecule has 0 unspecified atom stereocenters. The molecule has 2 nitrogen and oxygen atoms in total. The van der Waals surface area contributed by atoms with Gasteiger partial charge in [-0.3, -0.25) is 0 Å². The van der Waals surface area contributed by atoms with Crippen LogP contribution in [0.4, 0.5) is 4.39 Å². The topological polar surface area (TPSA) is 21.3 Å². The lowest BCUT2D eigenvalue weighted by Crippen LogP contribution is -2.14. The number of ether oxygens (including phenoxy) is 1. The van der Waals surface area contributed by atoms with E-state index in [9.17, 15) is 4.39 Å². The zero-order valence-corrected chi connectivity index (χ0v) is 12.9. The predicted molar refractivity (Wildman–Crippen MR) is 84.4 cm³/mol. The van der Waals surface area contributed by atoms with Crippen LogP contribution in [0.2, 0.25) is 0 Å². The van der Waals surface area contributed by atoms with Crippen molar-refractivity contribution in [3.63, 3.8) is 0 Å². The molecule has 0 heterocycles. The molecule has 0 aromatic heterocycles. The highest BCUT2D eigenvalue weighted by molar-refractivity contribution is 5.39. The fourth-order valence-corrected chi connectivity index (χ4v) is 2.15. The van der Waals surface area contributed by atoms with Gasteiger partial charge in [-0.25, -0.2) is 4.39 Å². The van der Waals surface area contributed by atoms with E-state index in [0.29, 0.717) is 11.3 Å². The number of rotatable bonds is 6. The molecule has 0 spiro atoms. The van der Waals surface area contributed by atoms with E-state index >= 15 is 0 Å². The zero-order chi connectivity index (χ0) is 15.2. The Bertz CT molecular complexity index is 610. The largest absolute Gasteiger partial charge is 0.457 e. The maximum absolute atomic E-state index is 13.2. The summed E-state index contributed by atoms with van der Waals surface area (Å²) in [6.07, 6.45) is 1.13. The second-order valence-electron chi connectivity index (χ2n) is 5.28. The number of halogens is 1. The van der Waals surface area contributed by atoms with Gasteiger partial charge in [-0.2, -0.15) is 0 Å². The molecule has 0 aliphatic rings. The first-order valence-electron chi connectivity index (χ1n) is 7.34. The smallest absolute Gasteiger partial charge is 0.127 e. The highest BCUT2D eigenvalue weighted by Gasteiger charge is 2.04. The molecule has 0 radical (unpaired) electrons. The predicted octanol–water partition coefficient (Wildman–Crippen LogP) is 4.73. The zero-order valence-electron chi connectivity index (χ0n) is 12.9. The highest BCUT2D eigenvalue weighted by Crippen LogP contribution is 2.25. The molecule has 0 saturated carbocycles. The number of aryl methyl sites for hydroxylation is 2. The van der Waals surface area contributed by atoms with Gasteiger partial charge in [-0.15, -0.1) is 0 Å². The van der Waals surface area contributed by atoms with Crippen LogP contribution >= 0.6 is 0 Å². The van der Waals surface area contributed by atoms with Crippen LogP contribution in [0.5, 0.6) is 11.5 Å². The molecule has 1 N–H and O–H groups in total. The van der Waals surface area contributed by atoms with E-state index < -0.39 is 0 Å². The van der Waals surface area contributed by atoms with Crippen molar-refractivity contribution in [2.45, 2.75) is 33.7 Å². The third-order valence-electron chi connectivity index (χ3n) is 3.42. The van der Waals surface area contributed by atoms with E-state index in [1.54, 1.807) is 19.1 Å². The second kappa shape index (κ2) is 7.23. The van der Waals surface area contributed by atoms with Gasteiger partial charge in [0.15, 0.2) is 0 Å². The van der Waals surface area contributed by atoms with Crippen molar-refractivity contribution in [1.82, 2.24) is 5.32 Å². The van der Waals surface area contributed by atoms with Crippen molar-refractivity contribution in [2.24, 2.45) is 0 Å². The summed E-state index contributed by atoms with van der Waals surface area (Å²) in [5.41, 5.74) is 3.05. The van der Waals surface area contributed by atoms with Gasteiger partial charge < -0.3 is 10.1 Å². The summed E-state index contributed by atoms with van der Waals surface area (Å²) in [5, 5.41) is 3.39. The maximum Gasteiger partial charge on any atom is 0.127 e. The van der Waals surface area contributed by atoms with Crippen molar-refractivity contribution >= 4 is 0 Å². The standard InChI is InChI=1S/C18H22FNO/c1-4-9-20-12-15-5-6-16(10-13(15)2)21-17-7-8-18(19)14(3)11-17/h5-8,10-11,20H,4,9,12H2,1-3H3. The van der Waals surface area contributed by atoms with Crippen molar-refractivity contribution in [1.29, 1.82) is 0 Å².